The molecule has 0 aromatic carbocycles. The number of likely N-dealkylation sites (tertiary alicyclic amines) is 1. The number of pyridine rings is 1. The van der Waals surface area contributed by atoms with Crippen LogP contribution < -0.4 is 0 Å². The summed E-state index contributed by atoms with van der Waals surface area (Å²) in [5.74, 6) is -1.36. The third kappa shape index (κ3) is 4.76. The van der Waals surface area contributed by atoms with Crippen LogP contribution in [0.4, 0.5) is 0 Å². The first kappa shape index (κ1) is 17.8. The minimum atomic E-state index is -1.13. The third-order valence-corrected chi connectivity index (χ3v) is 4.71. The van der Waals surface area contributed by atoms with Gasteiger partial charge in [-0.3, -0.25) is 4.79 Å². The van der Waals surface area contributed by atoms with E-state index in [1.54, 1.807) is 17.0 Å². The van der Waals surface area contributed by atoms with Crippen molar-refractivity contribution in [2.24, 2.45) is 0 Å². The van der Waals surface area contributed by atoms with Gasteiger partial charge in [-0.25, -0.2) is 9.78 Å². The zero-order valence-electron chi connectivity index (χ0n) is 14.2. The SMILES string of the molecule is O=C(O)c1cccc(C(=O)N2CCC(OCC3CCCCO3)CC2)n1. The van der Waals surface area contributed by atoms with Crippen LogP contribution in [0.5, 0.6) is 0 Å². The van der Waals surface area contributed by atoms with Crippen molar-refractivity contribution in [2.75, 3.05) is 26.3 Å². The summed E-state index contributed by atoms with van der Waals surface area (Å²) in [5.41, 5.74) is 0.0615. The summed E-state index contributed by atoms with van der Waals surface area (Å²) < 4.78 is 11.6. The van der Waals surface area contributed by atoms with Gasteiger partial charge in [-0.05, 0) is 44.2 Å². The predicted octanol–water partition coefficient (Wildman–Crippen LogP) is 1.97. The van der Waals surface area contributed by atoms with E-state index in [-0.39, 0.29) is 29.5 Å². The van der Waals surface area contributed by atoms with Crippen LogP contribution in [0.15, 0.2) is 18.2 Å². The molecule has 1 atom stereocenters. The molecule has 1 N–H and O–H groups in total. The van der Waals surface area contributed by atoms with Gasteiger partial charge < -0.3 is 19.5 Å². The Hall–Kier alpha value is -1.99. The number of carboxylic acid groups (broad SMARTS) is 1. The molecule has 1 unspecified atom stereocenters. The van der Waals surface area contributed by atoms with Gasteiger partial charge in [-0.1, -0.05) is 6.07 Å². The summed E-state index contributed by atoms with van der Waals surface area (Å²) in [4.78, 5) is 29.1. The van der Waals surface area contributed by atoms with Gasteiger partial charge in [-0.15, -0.1) is 0 Å². The van der Waals surface area contributed by atoms with E-state index in [4.69, 9.17) is 14.6 Å². The Bertz CT molecular complexity index is 607. The molecule has 7 heteroatoms. The van der Waals surface area contributed by atoms with E-state index >= 15 is 0 Å². The van der Waals surface area contributed by atoms with Gasteiger partial charge in [0.1, 0.15) is 11.4 Å². The predicted molar refractivity (Wildman–Crippen MR) is 89.7 cm³/mol. The fourth-order valence-corrected chi connectivity index (χ4v) is 3.24. The lowest BCUT2D eigenvalue weighted by Crippen LogP contribution is -2.42. The summed E-state index contributed by atoms with van der Waals surface area (Å²) >= 11 is 0. The van der Waals surface area contributed by atoms with E-state index in [2.05, 4.69) is 4.98 Å². The van der Waals surface area contributed by atoms with Crippen LogP contribution in [0.3, 0.4) is 0 Å². The molecule has 0 radical (unpaired) electrons. The number of ether oxygens (including phenoxy) is 2. The Morgan fingerprint density at radius 3 is 2.64 bits per heavy atom. The lowest BCUT2D eigenvalue weighted by atomic mass is 10.1. The number of carbonyl (C=O) groups excluding carboxylic acids is 1. The van der Waals surface area contributed by atoms with Crippen molar-refractivity contribution in [1.82, 2.24) is 9.88 Å². The molecule has 3 rings (SSSR count). The van der Waals surface area contributed by atoms with E-state index in [0.717, 1.165) is 32.3 Å². The number of nitrogens with zero attached hydrogens (tertiary/aromatic N) is 2. The second-order valence-corrected chi connectivity index (χ2v) is 6.53. The van der Waals surface area contributed by atoms with Crippen LogP contribution in [0.2, 0.25) is 0 Å². The Labute approximate surface area is 146 Å². The Kier molecular flexibility index (Phi) is 5.99. The Morgan fingerprint density at radius 1 is 1.20 bits per heavy atom. The van der Waals surface area contributed by atoms with Crippen molar-refractivity contribution in [3.05, 3.63) is 29.6 Å². The van der Waals surface area contributed by atoms with Crippen molar-refractivity contribution < 1.29 is 24.2 Å². The van der Waals surface area contributed by atoms with Crippen LogP contribution in [0.1, 0.15) is 53.1 Å². The number of aromatic nitrogens is 1. The number of rotatable bonds is 5. The molecule has 1 aromatic heterocycles. The summed E-state index contributed by atoms with van der Waals surface area (Å²) in [6.45, 7) is 2.63. The number of carbonyl (C=O) groups is 2. The quantitative estimate of drug-likeness (QED) is 0.875. The molecule has 3 heterocycles. The van der Waals surface area contributed by atoms with Crippen LogP contribution in [0, 0.1) is 0 Å². The van der Waals surface area contributed by atoms with Crippen LogP contribution >= 0.6 is 0 Å². The number of carboxylic acids is 1. The zero-order valence-corrected chi connectivity index (χ0v) is 14.2. The molecule has 0 bridgehead atoms. The maximum atomic E-state index is 12.5. The first-order valence-electron chi connectivity index (χ1n) is 8.86. The van der Waals surface area contributed by atoms with Crippen molar-refractivity contribution in [2.45, 2.75) is 44.3 Å². The van der Waals surface area contributed by atoms with Gasteiger partial charge >= 0.3 is 5.97 Å². The maximum Gasteiger partial charge on any atom is 0.354 e. The monoisotopic (exact) mass is 348 g/mol. The lowest BCUT2D eigenvalue weighted by Gasteiger charge is -2.33. The highest BCUT2D eigenvalue weighted by Gasteiger charge is 2.26. The highest BCUT2D eigenvalue weighted by molar-refractivity contribution is 5.94. The highest BCUT2D eigenvalue weighted by Crippen LogP contribution is 2.19. The normalized spacial score (nSPS) is 21.9. The minimum absolute atomic E-state index is 0.114. The van der Waals surface area contributed by atoms with Crippen LogP contribution in [-0.4, -0.2) is 65.4 Å². The molecule has 2 saturated heterocycles. The highest BCUT2D eigenvalue weighted by atomic mass is 16.5. The average Bonchev–Trinajstić information content (AvgIpc) is 2.67. The van der Waals surface area contributed by atoms with E-state index in [0.29, 0.717) is 19.7 Å². The third-order valence-electron chi connectivity index (χ3n) is 4.71. The molecule has 0 aliphatic carbocycles. The molecule has 0 spiro atoms. The smallest absolute Gasteiger partial charge is 0.354 e. The zero-order chi connectivity index (χ0) is 17.6. The van der Waals surface area contributed by atoms with Gasteiger partial charge in [0.15, 0.2) is 0 Å². The van der Waals surface area contributed by atoms with Crippen molar-refractivity contribution in [1.29, 1.82) is 0 Å². The van der Waals surface area contributed by atoms with E-state index in [9.17, 15) is 9.59 Å². The van der Waals surface area contributed by atoms with Gasteiger partial charge in [-0.2, -0.15) is 0 Å². The molecule has 1 amide bonds. The van der Waals surface area contributed by atoms with E-state index < -0.39 is 5.97 Å². The second-order valence-electron chi connectivity index (χ2n) is 6.53. The molecule has 2 aliphatic rings. The minimum Gasteiger partial charge on any atom is -0.477 e. The largest absolute Gasteiger partial charge is 0.477 e. The molecule has 2 fully saturated rings. The van der Waals surface area contributed by atoms with Crippen molar-refractivity contribution >= 4 is 11.9 Å². The van der Waals surface area contributed by atoms with Gasteiger partial charge in [0.05, 0.1) is 18.8 Å². The number of piperidine rings is 1. The number of hydrogen-bond acceptors (Lipinski definition) is 5. The summed E-state index contributed by atoms with van der Waals surface area (Å²) in [6.07, 6.45) is 5.29. The molecule has 7 nitrogen and oxygen atoms in total. The molecule has 1 aromatic rings. The summed E-state index contributed by atoms with van der Waals surface area (Å²) in [7, 11) is 0. The molecular weight excluding hydrogens is 324 g/mol. The number of aromatic carboxylic acids is 1. The van der Waals surface area contributed by atoms with Gasteiger partial charge in [0, 0.05) is 19.7 Å². The average molecular weight is 348 g/mol. The lowest BCUT2D eigenvalue weighted by molar-refractivity contribution is -0.0733. The fraction of sp³-hybridized carbons (Fsp3) is 0.611. The fourth-order valence-electron chi connectivity index (χ4n) is 3.24. The summed E-state index contributed by atoms with van der Waals surface area (Å²) in [5, 5.41) is 8.99. The van der Waals surface area contributed by atoms with Crippen LogP contribution in [0.25, 0.3) is 0 Å². The molecular formula is C18H24N2O5. The van der Waals surface area contributed by atoms with Gasteiger partial charge in [0.25, 0.3) is 5.91 Å². The Balaban J connectivity index is 1.47. The maximum absolute atomic E-state index is 12.5. The summed E-state index contributed by atoms with van der Waals surface area (Å²) in [6, 6.07) is 4.48. The van der Waals surface area contributed by atoms with Gasteiger partial charge in [0.2, 0.25) is 0 Å². The Morgan fingerprint density at radius 2 is 1.96 bits per heavy atom. The standard InChI is InChI=1S/C18H24N2O5/c21-17(15-5-3-6-16(19-15)18(22)23)20-9-7-13(8-10-20)25-12-14-4-1-2-11-24-14/h3,5-6,13-14H,1-2,4,7-12H2,(H,22,23). The molecule has 0 saturated carbocycles. The van der Waals surface area contributed by atoms with E-state index in [1.165, 1.54) is 12.5 Å². The van der Waals surface area contributed by atoms with Crippen molar-refractivity contribution in [3.8, 4) is 0 Å². The molecule has 2 aliphatic heterocycles. The first-order valence-corrected chi connectivity index (χ1v) is 8.86. The topological polar surface area (TPSA) is 89.0 Å². The first-order chi connectivity index (χ1) is 12.1. The number of hydrogen-bond donors (Lipinski definition) is 1. The number of amides is 1. The second kappa shape index (κ2) is 8.40. The molecule has 136 valence electrons. The van der Waals surface area contributed by atoms with Crippen LogP contribution in [-0.2, 0) is 9.47 Å². The molecule has 25 heavy (non-hydrogen) atoms. The van der Waals surface area contributed by atoms with E-state index in [1.807, 2.05) is 0 Å². The van der Waals surface area contributed by atoms with Crippen molar-refractivity contribution in [3.63, 3.8) is 0 Å².